The molecule has 0 unspecified atom stereocenters. The monoisotopic (exact) mass is 292 g/mol. The summed E-state index contributed by atoms with van der Waals surface area (Å²) in [4.78, 5) is 11.5. The molecular weight excluding hydrogens is 281 g/mol. The number of rotatable bonds is 3. The van der Waals surface area contributed by atoms with Crippen molar-refractivity contribution < 1.29 is 22.7 Å². The number of benzene rings is 2. The highest BCUT2D eigenvalue weighted by atomic mass is 19.2. The van der Waals surface area contributed by atoms with Gasteiger partial charge in [0.25, 0.3) is 0 Å². The molecule has 0 aliphatic heterocycles. The van der Waals surface area contributed by atoms with Crippen LogP contribution in [0.2, 0.25) is 0 Å². The topological polar surface area (TPSA) is 26.3 Å². The van der Waals surface area contributed by atoms with E-state index in [1.54, 1.807) is 19.1 Å². The molecule has 2 aromatic carbocycles. The third-order valence-electron chi connectivity index (χ3n) is 2.70. The summed E-state index contributed by atoms with van der Waals surface area (Å²) >= 11 is 0. The maximum Gasteiger partial charge on any atom is 0.375 e. The summed E-state index contributed by atoms with van der Waals surface area (Å²) in [5.41, 5.74) is 0.815. The van der Waals surface area contributed by atoms with Crippen molar-refractivity contribution in [3.05, 3.63) is 71.3 Å². The molecule has 2 aromatic rings. The van der Waals surface area contributed by atoms with E-state index < -0.39 is 23.4 Å². The van der Waals surface area contributed by atoms with Crippen molar-refractivity contribution in [3.8, 4) is 5.75 Å². The van der Waals surface area contributed by atoms with Crippen molar-refractivity contribution in [2.24, 2.45) is 0 Å². The van der Waals surface area contributed by atoms with E-state index in [-0.39, 0.29) is 11.3 Å². The van der Waals surface area contributed by atoms with Crippen LogP contribution in [0.4, 0.5) is 13.2 Å². The molecule has 0 saturated carbocycles. The van der Waals surface area contributed by atoms with Gasteiger partial charge in [-0.2, -0.15) is 4.39 Å². The lowest BCUT2D eigenvalue weighted by Crippen LogP contribution is -2.09. The quantitative estimate of drug-likeness (QED) is 0.477. The molecule has 0 aliphatic carbocycles. The Balaban J connectivity index is 2.19. The van der Waals surface area contributed by atoms with Gasteiger partial charge in [-0.1, -0.05) is 29.8 Å². The van der Waals surface area contributed by atoms with Crippen molar-refractivity contribution in [2.75, 3.05) is 0 Å². The standard InChI is InChI=1S/C16H11F3O2/c1-10-2-4-11(5-3-10)14(18)15(19)16(20)21-13-8-6-12(17)7-9-13/h2-9H,1H3/b15-14-. The van der Waals surface area contributed by atoms with Crippen LogP contribution in [-0.2, 0) is 4.79 Å². The fourth-order valence-corrected chi connectivity index (χ4v) is 1.57. The van der Waals surface area contributed by atoms with Crippen molar-refractivity contribution in [1.29, 1.82) is 0 Å². The van der Waals surface area contributed by atoms with E-state index >= 15 is 0 Å². The van der Waals surface area contributed by atoms with Gasteiger partial charge in [0.05, 0.1) is 0 Å². The molecule has 21 heavy (non-hydrogen) atoms. The second kappa shape index (κ2) is 6.26. The van der Waals surface area contributed by atoms with E-state index in [0.717, 1.165) is 29.8 Å². The van der Waals surface area contributed by atoms with Gasteiger partial charge in [-0.25, -0.2) is 13.6 Å². The van der Waals surface area contributed by atoms with Crippen LogP contribution in [0.3, 0.4) is 0 Å². The second-order valence-electron chi connectivity index (χ2n) is 4.34. The zero-order chi connectivity index (χ0) is 15.4. The number of carbonyl (C=O) groups is 1. The largest absolute Gasteiger partial charge is 0.421 e. The van der Waals surface area contributed by atoms with Crippen molar-refractivity contribution in [3.63, 3.8) is 0 Å². The zero-order valence-electron chi connectivity index (χ0n) is 11.1. The Morgan fingerprint density at radius 1 is 0.952 bits per heavy atom. The summed E-state index contributed by atoms with van der Waals surface area (Å²) < 4.78 is 44.8. The first kappa shape index (κ1) is 14.8. The van der Waals surface area contributed by atoms with Crippen molar-refractivity contribution in [2.45, 2.75) is 6.92 Å². The van der Waals surface area contributed by atoms with E-state index in [1.807, 2.05) is 0 Å². The Bertz CT molecular complexity index is 674. The lowest BCUT2D eigenvalue weighted by Gasteiger charge is -2.04. The summed E-state index contributed by atoms with van der Waals surface area (Å²) in [6.45, 7) is 1.80. The van der Waals surface area contributed by atoms with Gasteiger partial charge in [-0.3, -0.25) is 0 Å². The molecule has 2 nitrogen and oxygen atoms in total. The molecule has 0 aliphatic rings. The molecule has 0 spiro atoms. The van der Waals surface area contributed by atoms with Crippen LogP contribution >= 0.6 is 0 Å². The van der Waals surface area contributed by atoms with Crippen LogP contribution < -0.4 is 4.74 Å². The third-order valence-corrected chi connectivity index (χ3v) is 2.70. The van der Waals surface area contributed by atoms with Crippen LogP contribution in [0.5, 0.6) is 5.75 Å². The van der Waals surface area contributed by atoms with Gasteiger partial charge in [-0.15, -0.1) is 0 Å². The number of hydrogen-bond donors (Lipinski definition) is 0. The number of halogens is 3. The van der Waals surface area contributed by atoms with Crippen LogP contribution in [-0.4, -0.2) is 5.97 Å². The van der Waals surface area contributed by atoms with Gasteiger partial charge in [0.2, 0.25) is 5.83 Å². The first-order chi connectivity index (χ1) is 9.97. The average molecular weight is 292 g/mol. The van der Waals surface area contributed by atoms with E-state index in [4.69, 9.17) is 0 Å². The van der Waals surface area contributed by atoms with Gasteiger partial charge in [-0.05, 0) is 31.2 Å². The first-order valence-electron chi connectivity index (χ1n) is 6.07. The first-order valence-corrected chi connectivity index (χ1v) is 6.07. The minimum Gasteiger partial charge on any atom is -0.421 e. The average Bonchev–Trinajstić information content (AvgIpc) is 2.49. The Labute approximate surface area is 119 Å². The van der Waals surface area contributed by atoms with Gasteiger partial charge >= 0.3 is 5.97 Å². The number of hydrogen-bond acceptors (Lipinski definition) is 2. The van der Waals surface area contributed by atoms with Gasteiger partial charge in [0.15, 0.2) is 5.83 Å². The number of esters is 1. The zero-order valence-corrected chi connectivity index (χ0v) is 11.1. The fraction of sp³-hybridized carbons (Fsp3) is 0.0625. The normalized spacial score (nSPS) is 11.8. The number of aryl methyl sites for hydroxylation is 1. The lowest BCUT2D eigenvalue weighted by molar-refractivity contribution is -0.131. The smallest absolute Gasteiger partial charge is 0.375 e. The van der Waals surface area contributed by atoms with Gasteiger partial charge in [0, 0.05) is 5.56 Å². The molecule has 0 atom stereocenters. The summed E-state index contributed by atoms with van der Waals surface area (Å²) in [6.07, 6.45) is 0. The van der Waals surface area contributed by atoms with Crippen LogP contribution in [0, 0.1) is 12.7 Å². The SMILES string of the molecule is Cc1ccc(/C(F)=C(/F)C(=O)Oc2ccc(F)cc2)cc1. The summed E-state index contributed by atoms with van der Waals surface area (Å²) in [7, 11) is 0. The number of ether oxygens (including phenoxy) is 1. The molecule has 2 rings (SSSR count). The predicted molar refractivity (Wildman–Crippen MR) is 72.4 cm³/mol. The molecule has 0 N–H and O–H groups in total. The lowest BCUT2D eigenvalue weighted by atomic mass is 10.1. The maximum atomic E-state index is 13.8. The van der Waals surface area contributed by atoms with Crippen LogP contribution in [0.1, 0.15) is 11.1 Å². The third kappa shape index (κ3) is 3.72. The summed E-state index contributed by atoms with van der Waals surface area (Å²) in [6, 6.07) is 10.3. The summed E-state index contributed by atoms with van der Waals surface area (Å²) in [5.74, 6) is -5.02. The molecule has 0 bridgehead atoms. The molecule has 0 radical (unpaired) electrons. The van der Waals surface area contributed by atoms with E-state index in [0.29, 0.717) is 0 Å². The van der Waals surface area contributed by atoms with E-state index in [1.165, 1.54) is 12.1 Å². The highest BCUT2D eigenvalue weighted by Gasteiger charge is 2.19. The van der Waals surface area contributed by atoms with E-state index in [2.05, 4.69) is 4.74 Å². The minimum absolute atomic E-state index is 0.0610. The van der Waals surface area contributed by atoms with Crippen LogP contribution in [0.25, 0.3) is 5.83 Å². The summed E-state index contributed by atoms with van der Waals surface area (Å²) in [5, 5.41) is 0. The minimum atomic E-state index is -1.64. The molecule has 0 amide bonds. The predicted octanol–water partition coefficient (Wildman–Crippen LogP) is 4.35. The van der Waals surface area contributed by atoms with Gasteiger partial charge < -0.3 is 4.74 Å². The Morgan fingerprint density at radius 2 is 1.52 bits per heavy atom. The number of carbonyl (C=O) groups excluding carboxylic acids is 1. The molecule has 108 valence electrons. The van der Waals surface area contributed by atoms with Crippen LogP contribution in [0.15, 0.2) is 54.4 Å². The fourth-order valence-electron chi connectivity index (χ4n) is 1.57. The van der Waals surface area contributed by atoms with Crippen molar-refractivity contribution >= 4 is 11.8 Å². The Hall–Kier alpha value is -2.56. The highest BCUT2D eigenvalue weighted by Crippen LogP contribution is 2.23. The molecule has 0 aromatic heterocycles. The second-order valence-corrected chi connectivity index (χ2v) is 4.34. The molecule has 0 heterocycles. The van der Waals surface area contributed by atoms with Crippen molar-refractivity contribution in [1.82, 2.24) is 0 Å². The van der Waals surface area contributed by atoms with Gasteiger partial charge in [0.1, 0.15) is 11.6 Å². The Kier molecular flexibility index (Phi) is 4.42. The molecule has 0 fully saturated rings. The van der Waals surface area contributed by atoms with E-state index in [9.17, 15) is 18.0 Å². The molecule has 0 saturated heterocycles. The molecule has 5 heteroatoms. The molecular formula is C16H11F3O2. The highest BCUT2D eigenvalue weighted by molar-refractivity contribution is 5.94. The maximum absolute atomic E-state index is 13.8. The Morgan fingerprint density at radius 3 is 2.10 bits per heavy atom.